The average Bonchev–Trinajstić information content (AvgIpc) is 2.60. The van der Waals surface area contributed by atoms with E-state index in [4.69, 9.17) is 9.47 Å². The Labute approximate surface area is 148 Å². The van der Waals surface area contributed by atoms with Crippen LogP contribution in [0.5, 0.6) is 11.5 Å². The quantitative estimate of drug-likeness (QED) is 0.787. The topological polar surface area (TPSA) is 84.9 Å². The summed E-state index contributed by atoms with van der Waals surface area (Å²) < 4.78 is 38.4. The fraction of sp³-hybridized carbons (Fsp3) is 0.333. The molecule has 2 rings (SSSR count). The van der Waals surface area contributed by atoms with Crippen molar-refractivity contribution in [3.63, 3.8) is 0 Å². The molecule has 0 heterocycles. The zero-order valence-corrected chi connectivity index (χ0v) is 15.6. The number of nitrogens with one attached hydrogen (secondary N) is 1. The van der Waals surface area contributed by atoms with Crippen molar-refractivity contribution in [2.24, 2.45) is 0 Å². The molecule has 2 N–H and O–H groups in total. The Balaban J connectivity index is 2.51. The number of hydrogen-bond acceptors (Lipinski definition) is 5. The van der Waals surface area contributed by atoms with Crippen LogP contribution in [0, 0.1) is 6.92 Å². The predicted octanol–water partition coefficient (Wildman–Crippen LogP) is 3.26. The standard InChI is InChI=1S/C18H23NO5S/c1-5-16(20)14-10-17(23-3)18(24-4)11-15(14)19-25(21,22)13-8-6-12(2)7-9-13/h6-11,16,19-20H,5H2,1-4H3. The Kier molecular flexibility index (Phi) is 5.92. The maximum Gasteiger partial charge on any atom is 0.261 e. The van der Waals surface area contributed by atoms with Crippen LogP contribution >= 0.6 is 0 Å². The Hall–Kier alpha value is -2.25. The largest absolute Gasteiger partial charge is 0.493 e. The number of sulfonamides is 1. The maximum atomic E-state index is 12.7. The number of aliphatic hydroxyl groups is 1. The fourth-order valence-corrected chi connectivity index (χ4v) is 3.48. The van der Waals surface area contributed by atoms with E-state index in [1.807, 2.05) is 6.92 Å². The molecule has 0 aromatic heterocycles. The highest BCUT2D eigenvalue weighted by atomic mass is 32.2. The van der Waals surface area contributed by atoms with E-state index in [-0.39, 0.29) is 10.6 Å². The number of methoxy groups -OCH3 is 2. The van der Waals surface area contributed by atoms with Crippen LogP contribution in [0.2, 0.25) is 0 Å². The number of hydrogen-bond donors (Lipinski definition) is 2. The molecule has 0 bridgehead atoms. The van der Waals surface area contributed by atoms with E-state index in [0.717, 1.165) is 5.56 Å². The molecule has 136 valence electrons. The van der Waals surface area contributed by atoms with E-state index >= 15 is 0 Å². The van der Waals surface area contributed by atoms with Gasteiger partial charge in [-0.25, -0.2) is 8.42 Å². The lowest BCUT2D eigenvalue weighted by atomic mass is 10.0. The van der Waals surface area contributed by atoms with Crippen molar-refractivity contribution >= 4 is 15.7 Å². The zero-order chi connectivity index (χ0) is 18.6. The van der Waals surface area contributed by atoms with Crippen molar-refractivity contribution in [2.45, 2.75) is 31.3 Å². The molecule has 0 aliphatic carbocycles. The summed E-state index contributed by atoms with van der Waals surface area (Å²) >= 11 is 0. The van der Waals surface area contributed by atoms with E-state index in [9.17, 15) is 13.5 Å². The number of ether oxygens (including phenoxy) is 2. The molecule has 0 spiro atoms. The van der Waals surface area contributed by atoms with E-state index in [1.165, 1.54) is 32.4 Å². The highest BCUT2D eigenvalue weighted by Gasteiger charge is 2.21. The Morgan fingerprint density at radius 2 is 1.64 bits per heavy atom. The summed E-state index contributed by atoms with van der Waals surface area (Å²) in [5.41, 5.74) is 1.65. The van der Waals surface area contributed by atoms with E-state index in [1.54, 1.807) is 25.1 Å². The molecule has 0 saturated carbocycles. The van der Waals surface area contributed by atoms with Gasteiger partial charge in [0.05, 0.1) is 30.9 Å². The molecular weight excluding hydrogens is 342 g/mol. The molecule has 0 aliphatic rings. The second kappa shape index (κ2) is 7.76. The summed E-state index contributed by atoms with van der Waals surface area (Å²) in [6.07, 6.45) is -0.412. The van der Waals surface area contributed by atoms with Crippen molar-refractivity contribution in [3.05, 3.63) is 47.5 Å². The number of anilines is 1. The first kappa shape index (κ1) is 19.1. The highest BCUT2D eigenvalue weighted by Crippen LogP contribution is 2.37. The van der Waals surface area contributed by atoms with Gasteiger partial charge < -0.3 is 14.6 Å². The minimum atomic E-state index is -3.80. The molecule has 1 unspecified atom stereocenters. The molecule has 0 amide bonds. The second-order valence-corrected chi connectivity index (χ2v) is 7.32. The maximum absolute atomic E-state index is 12.7. The summed E-state index contributed by atoms with van der Waals surface area (Å²) in [6, 6.07) is 9.62. The summed E-state index contributed by atoms with van der Waals surface area (Å²) in [5, 5.41) is 10.3. The third kappa shape index (κ3) is 4.24. The van der Waals surface area contributed by atoms with Gasteiger partial charge in [-0.05, 0) is 31.5 Å². The summed E-state index contributed by atoms with van der Waals surface area (Å²) in [6.45, 7) is 3.69. The van der Waals surface area contributed by atoms with Gasteiger partial charge in [0, 0.05) is 11.6 Å². The summed E-state index contributed by atoms with van der Waals surface area (Å²) in [5.74, 6) is 0.791. The Morgan fingerprint density at radius 1 is 1.08 bits per heavy atom. The van der Waals surface area contributed by atoms with Gasteiger partial charge >= 0.3 is 0 Å². The zero-order valence-electron chi connectivity index (χ0n) is 14.7. The van der Waals surface area contributed by atoms with Crippen molar-refractivity contribution in [1.82, 2.24) is 0 Å². The van der Waals surface area contributed by atoms with Crippen LogP contribution < -0.4 is 14.2 Å². The monoisotopic (exact) mass is 365 g/mol. The van der Waals surface area contributed by atoms with Crippen molar-refractivity contribution in [2.75, 3.05) is 18.9 Å². The first-order chi connectivity index (χ1) is 11.8. The molecular formula is C18H23NO5S. The van der Waals surface area contributed by atoms with Crippen LogP contribution in [0.1, 0.15) is 30.6 Å². The first-order valence-electron chi connectivity index (χ1n) is 7.85. The normalized spacial score (nSPS) is 12.5. The van der Waals surface area contributed by atoms with Crippen molar-refractivity contribution in [3.8, 4) is 11.5 Å². The minimum Gasteiger partial charge on any atom is -0.493 e. The second-order valence-electron chi connectivity index (χ2n) is 5.64. The number of benzene rings is 2. The van der Waals surface area contributed by atoms with Crippen LogP contribution in [0.3, 0.4) is 0 Å². The number of rotatable bonds is 7. The lowest BCUT2D eigenvalue weighted by Crippen LogP contribution is -2.15. The number of aryl methyl sites for hydroxylation is 1. The van der Waals surface area contributed by atoms with Gasteiger partial charge in [0.1, 0.15) is 0 Å². The first-order valence-corrected chi connectivity index (χ1v) is 9.34. The Bertz CT molecular complexity index is 831. The van der Waals surface area contributed by atoms with Gasteiger partial charge in [-0.3, -0.25) is 4.72 Å². The molecule has 6 nitrogen and oxygen atoms in total. The molecule has 2 aromatic carbocycles. The SMILES string of the molecule is CCC(O)c1cc(OC)c(OC)cc1NS(=O)(=O)c1ccc(C)cc1. The highest BCUT2D eigenvalue weighted by molar-refractivity contribution is 7.92. The molecule has 0 fully saturated rings. The molecule has 0 saturated heterocycles. The van der Waals surface area contributed by atoms with Crippen LogP contribution in [0.15, 0.2) is 41.3 Å². The van der Waals surface area contributed by atoms with Gasteiger partial charge in [-0.2, -0.15) is 0 Å². The molecule has 7 heteroatoms. The van der Waals surface area contributed by atoms with Gasteiger partial charge in [-0.1, -0.05) is 24.6 Å². The third-order valence-electron chi connectivity index (χ3n) is 3.88. The van der Waals surface area contributed by atoms with Crippen LogP contribution in [-0.2, 0) is 10.0 Å². The predicted molar refractivity (Wildman–Crippen MR) is 96.8 cm³/mol. The minimum absolute atomic E-state index is 0.143. The number of aliphatic hydroxyl groups excluding tert-OH is 1. The van der Waals surface area contributed by atoms with E-state index in [0.29, 0.717) is 23.5 Å². The van der Waals surface area contributed by atoms with Gasteiger partial charge in [-0.15, -0.1) is 0 Å². The molecule has 0 aliphatic heterocycles. The lowest BCUT2D eigenvalue weighted by Gasteiger charge is -2.19. The summed E-state index contributed by atoms with van der Waals surface area (Å²) in [4.78, 5) is 0.143. The van der Waals surface area contributed by atoms with Crippen LogP contribution in [0.25, 0.3) is 0 Å². The third-order valence-corrected chi connectivity index (χ3v) is 5.26. The molecule has 1 atom stereocenters. The lowest BCUT2D eigenvalue weighted by molar-refractivity contribution is 0.174. The van der Waals surface area contributed by atoms with Crippen LogP contribution in [0.4, 0.5) is 5.69 Å². The van der Waals surface area contributed by atoms with Gasteiger partial charge in [0.25, 0.3) is 10.0 Å². The van der Waals surface area contributed by atoms with E-state index in [2.05, 4.69) is 4.72 Å². The fourth-order valence-electron chi connectivity index (χ4n) is 2.40. The van der Waals surface area contributed by atoms with Gasteiger partial charge in [0.15, 0.2) is 11.5 Å². The Morgan fingerprint density at radius 3 is 2.16 bits per heavy atom. The smallest absolute Gasteiger partial charge is 0.261 e. The molecule has 25 heavy (non-hydrogen) atoms. The molecule has 2 aromatic rings. The van der Waals surface area contributed by atoms with Gasteiger partial charge in [0.2, 0.25) is 0 Å². The van der Waals surface area contributed by atoms with Crippen LogP contribution in [-0.4, -0.2) is 27.7 Å². The van der Waals surface area contributed by atoms with Crippen molar-refractivity contribution < 1.29 is 23.0 Å². The van der Waals surface area contributed by atoms with E-state index < -0.39 is 16.1 Å². The average molecular weight is 365 g/mol. The van der Waals surface area contributed by atoms with Crippen molar-refractivity contribution in [1.29, 1.82) is 0 Å². The summed E-state index contributed by atoms with van der Waals surface area (Å²) in [7, 11) is -0.850. The molecule has 0 radical (unpaired) electrons.